The maximum absolute atomic E-state index is 12.1. The monoisotopic (exact) mass is 286 g/mol. The standard InChI is InChI=1S/C13H22N2O5/c1-4-20-11(16)7-15(10-5-6-10)13(19)14-9(3)8(2)12(17)18/h8-10H,4-7H2,1-3H3,(H,14,19)(H,17,18). The van der Waals surface area contributed by atoms with E-state index in [1.165, 1.54) is 11.8 Å². The molecule has 0 aromatic heterocycles. The summed E-state index contributed by atoms with van der Waals surface area (Å²) in [4.78, 5) is 35.9. The van der Waals surface area contributed by atoms with Crippen LogP contribution < -0.4 is 5.32 Å². The number of hydrogen-bond acceptors (Lipinski definition) is 4. The molecule has 1 aliphatic rings. The van der Waals surface area contributed by atoms with Crippen LogP contribution in [0.3, 0.4) is 0 Å². The molecule has 1 saturated carbocycles. The van der Waals surface area contributed by atoms with Gasteiger partial charge in [-0.1, -0.05) is 0 Å². The zero-order valence-corrected chi connectivity index (χ0v) is 12.1. The fraction of sp³-hybridized carbons (Fsp3) is 0.769. The number of esters is 1. The molecule has 7 nitrogen and oxygen atoms in total. The zero-order chi connectivity index (χ0) is 15.3. The Morgan fingerprint density at radius 3 is 2.40 bits per heavy atom. The first kappa shape index (κ1) is 16.3. The molecule has 0 aromatic rings. The number of nitrogens with one attached hydrogen (secondary N) is 1. The van der Waals surface area contributed by atoms with Crippen molar-refractivity contribution < 1.29 is 24.2 Å². The van der Waals surface area contributed by atoms with Crippen molar-refractivity contribution in [1.82, 2.24) is 10.2 Å². The van der Waals surface area contributed by atoms with Crippen molar-refractivity contribution in [3.8, 4) is 0 Å². The fourth-order valence-corrected chi connectivity index (χ4v) is 1.72. The van der Waals surface area contributed by atoms with Gasteiger partial charge in [0.05, 0.1) is 12.5 Å². The van der Waals surface area contributed by atoms with Gasteiger partial charge in [0.1, 0.15) is 6.54 Å². The maximum Gasteiger partial charge on any atom is 0.325 e. The average molecular weight is 286 g/mol. The van der Waals surface area contributed by atoms with E-state index in [9.17, 15) is 14.4 Å². The van der Waals surface area contributed by atoms with Gasteiger partial charge in [-0.25, -0.2) is 4.79 Å². The Kier molecular flexibility index (Phi) is 5.79. The number of carboxylic acid groups (broad SMARTS) is 1. The van der Waals surface area contributed by atoms with Crippen molar-refractivity contribution in [3.63, 3.8) is 0 Å². The molecule has 0 radical (unpaired) electrons. The molecule has 2 unspecified atom stereocenters. The summed E-state index contributed by atoms with van der Waals surface area (Å²) in [5, 5.41) is 11.5. The third-order valence-electron chi connectivity index (χ3n) is 3.34. The summed E-state index contributed by atoms with van der Waals surface area (Å²) in [6, 6.07) is -0.878. The van der Waals surface area contributed by atoms with Crippen molar-refractivity contribution in [2.75, 3.05) is 13.2 Å². The lowest BCUT2D eigenvalue weighted by molar-refractivity contribution is -0.144. The third kappa shape index (κ3) is 4.71. The van der Waals surface area contributed by atoms with E-state index < -0.39 is 29.9 Å². The number of hydrogen-bond donors (Lipinski definition) is 2. The van der Waals surface area contributed by atoms with Crippen LogP contribution in [0.2, 0.25) is 0 Å². The molecule has 0 saturated heterocycles. The number of rotatable bonds is 7. The van der Waals surface area contributed by atoms with Gasteiger partial charge >= 0.3 is 18.0 Å². The van der Waals surface area contributed by atoms with Crippen LogP contribution in [-0.2, 0) is 14.3 Å². The molecule has 0 bridgehead atoms. The Bertz CT molecular complexity index is 381. The van der Waals surface area contributed by atoms with Gasteiger partial charge in [-0.15, -0.1) is 0 Å². The molecule has 0 aliphatic heterocycles. The number of urea groups is 1. The highest BCUT2D eigenvalue weighted by Crippen LogP contribution is 2.26. The van der Waals surface area contributed by atoms with E-state index in [4.69, 9.17) is 9.84 Å². The lowest BCUT2D eigenvalue weighted by Gasteiger charge is -2.25. The summed E-state index contributed by atoms with van der Waals surface area (Å²) in [7, 11) is 0. The molecule has 1 rings (SSSR count). The van der Waals surface area contributed by atoms with E-state index in [-0.39, 0.29) is 19.2 Å². The summed E-state index contributed by atoms with van der Waals surface area (Å²) in [6.45, 7) is 5.03. The minimum absolute atomic E-state index is 0.0479. The normalized spacial score (nSPS) is 16.9. The zero-order valence-electron chi connectivity index (χ0n) is 12.1. The molecular weight excluding hydrogens is 264 g/mol. The topological polar surface area (TPSA) is 95.9 Å². The Labute approximate surface area is 118 Å². The second-order valence-corrected chi connectivity index (χ2v) is 5.03. The molecule has 7 heteroatoms. The number of ether oxygens (including phenoxy) is 1. The summed E-state index contributed by atoms with van der Waals surface area (Å²) >= 11 is 0. The summed E-state index contributed by atoms with van der Waals surface area (Å²) in [5.74, 6) is -2.11. The average Bonchev–Trinajstić information content (AvgIpc) is 3.19. The van der Waals surface area contributed by atoms with Crippen LogP contribution in [0.25, 0.3) is 0 Å². The fourth-order valence-electron chi connectivity index (χ4n) is 1.72. The van der Waals surface area contributed by atoms with Crippen LogP contribution in [0.15, 0.2) is 0 Å². The molecule has 2 amide bonds. The van der Waals surface area contributed by atoms with Gasteiger partial charge in [0.15, 0.2) is 0 Å². The molecule has 1 fully saturated rings. The molecule has 1 aliphatic carbocycles. The predicted molar refractivity (Wildman–Crippen MR) is 71.2 cm³/mol. The van der Waals surface area contributed by atoms with Crippen LogP contribution in [0.1, 0.15) is 33.6 Å². The molecule has 0 spiro atoms. The largest absolute Gasteiger partial charge is 0.481 e. The number of amides is 2. The van der Waals surface area contributed by atoms with E-state index in [1.807, 2.05) is 0 Å². The first-order valence-corrected chi connectivity index (χ1v) is 6.82. The molecule has 2 atom stereocenters. The van der Waals surface area contributed by atoms with Crippen molar-refractivity contribution in [2.45, 2.75) is 45.7 Å². The minimum Gasteiger partial charge on any atom is -0.481 e. The van der Waals surface area contributed by atoms with Gasteiger partial charge in [0.2, 0.25) is 0 Å². The minimum atomic E-state index is -0.971. The van der Waals surface area contributed by atoms with Crippen molar-refractivity contribution in [3.05, 3.63) is 0 Å². The maximum atomic E-state index is 12.1. The number of aliphatic carboxylic acids is 1. The third-order valence-corrected chi connectivity index (χ3v) is 3.34. The molecular formula is C13H22N2O5. The van der Waals surface area contributed by atoms with E-state index >= 15 is 0 Å². The number of carbonyl (C=O) groups is 3. The number of nitrogens with zero attached hydrogens (tertiary/aromatic N) is 1. The lowest BCUT2D eigenvalue weighted by Crippen LogP contribution is -2.49. The van der Waals surface area contributed by atoms with Gasteiger partial charge < -0.3 is 20.1 Å². The number of carbonyl (C=O) groups excluding carboxylic acids is 2. The van der Waals surface area contributed by atoms with Crippen LogP contribution in [0, 0.1) is 5.92 Å². The molecule has 0 heterocycles. The van der Waals surface area contributed by atoms with Crippen molar-refractivity contribution in [2.24, 2.45) is 5.92 Å². The van der Waals surface area contributed by atoms with Crippen LogP contribution in [0.4, 0.5) is 4.79 Å². The van der Waals surface area contributed by atoms with Gasteiger partial charge in [0.25, 0.3) is 0 Å². The quantitative estimate of drug-likeness (QED) is 0.676. The molecule has 114 valence electrons. The molecule has 0 aromatic carbocycles. The van der Waals surface area contributed by atoms with Gasteiger partial charge in [-0.05, 0) is 33.6 Å². The number of carboxylic acids is 1. The van der Waals surface area contributed by atoms with E-state index in [1.54, 1.807) is 13.8 Å². The van der Waals surface area contributed by atoms with Crippen molar-refractivity contribution >= 4 is 18.0 Å². The van der Waals surface area contributed by atoms with E-state index in [0.29, 0.717) is 0 Å². The van der Waals surface area contributed by atoms with Gasteiger partial charge in [-0.3, -0.25) is 9.59 Å². The summed E-state index contributed by atoms with van der Waals surface area (Å²) in [6.07, 6.45) is 1.71. The molecule has 20 heavy (non-hydrogen) atoms. The van der Waals surface area contributed by atoms with Crippen LogP contribution in [0.5, 0.6) is 0 Å². The summed E-state index contributed by atoms with van der Waals surface area (Å²) in [5.41, 5.74) is 0. The van der Waals surface area contributed by atoms with Gasteiger partial charge in [-0.2, -0.15) is 0 Å². The Hall–Kier alpha value is -1.79. The highest BCUT2D eigenvalue weighted by molar-refractivity contribution is 5.82. The Morgan fingerprint density at radius 2 is 1.95 bits per heavy atom. The first-order chi connectivity index (χ1) is 9.36. The predicted octanol–water partition coefficient (Wildman–Crippen LogP) is 0.833. The van der Waals surface area contributed by atoms with Crippen molar-refractivity contribution in [1.29, 1.82) is 0 Å². The SMILES string of the molecule is CCOC(=O)CN(C(=O)NC(C)C(C)C(=O)O)C1CC1. The lowest BCUT2D eigenvalue weighted by atomic mass is 10.0. The highest BCUT2D eigenvalue weighted by Gasteiger charge is 2.35. The Morgan fingerprint density at radius 1 is 1.35 bits per heavy atom. The van der Waals surface area contributed by atoms with Crippen LogP contribution in [-0.4, -0.2) is 53.2 Å². The van der Waals surface area contributed by atoms with E-state index in [2.05, 4.69) is 5.32 Å². The van der Waals surface area contributed by atoms with Crippen LogP contribution >= 0.6 is 0 Å². The Balaban J connectivity index is 2.56. The smallest absolute Gasteiger partial charge is 0.325 e. The summed E-state index contributed by atoms with van der Waals surface area (Å²) < 4.78 is 4.84. The first-order valence-electron chi connectivity index (χ1n) is 6.82. The molecule has 2 N–H and O–H groups in total. The van der Waals surface area contributed by atoms with Gasteiger partial charge in [0, 0.05) is 12.1 Å². The highest BCUT2D eigenvalue weighted by atomic mass is 16.5. The second-order valence-electron chi connectivity index (χ2n) is 5.03. The van der Waals surface area contributed by atoms with E-state index in [0.717, 1.165) is 12.8 Å². The second kappa shape index (κ2) is 7.12.